The van der Waals surface area contributed by atoms with E-state index in [1.807, 2.05) is 0 Å². The summed E-state index contributed by atoms with van der Waals surface area (Å²) in [4.78, 5) is 29.8. The number of ether oxygens (including phenoxy) is 1. The largest absolute Gasteiger partial charge is 0.502 e. The van der Waals surface area contributed by atoms with Crippen molar-refractivity contribution < 1.29 is 14.2 Å². The Kier molecular flexibility index (Phi) is 4.74. The lowest BCUT2D eigenvalue weighted by atomic mass is 10.0. The van der Waals surface area contributed by atoms with E-state index in [1.165, 1.54) is 19.5 Å². The summed E-state index contributed by atoms with van der Waals surface area (Å²) in [5, 5.41) is 9.66. The Labute approximate surface area is 159 Å². The van der Waals surface area contributed by atoms with Crippen LogP contribution in [0.4, 0.5) is 4.39 Å². The number of halogens is 1. The Morgan fingerprint density at radius 2 is 2.11 bits per heavy atom. The molecule has 0 saturated carbocycles. The number of hydrogen-bond acceptors (Lipinski definition) is 7. The molecule has 4 rings (SSSR count). The fourth-order valence-electron chi connectivity index (χ4n) is 3.32. The summed E-state index contributed by atoms with van der Waals surface area (Å²) in [7, 11) is 1.38. The average molecular weight is 383 g/mol. The molecule has 3 heterocycles. The Morgan fingerprint density at radius 3 is 2.86 bits per heavy atom. The van der Waals surface area contributed by atoms with Gasteiger partial charge in [-0.15, -0.1) is 0 Å². The first-order valence-electron chi connectivity index (χ1n) is 8.70. The summed E-state index contributed by atoms with van der Waals surface area (Å²) in [6.07, 6.45) is 5.13. The molecule has 0 aliphatic carbocycles. The van der Waals surface area contributed by atoms with Gasteiger partial charge >= 0.3 is 0 Å². The number of nitrogens with zero attached hydrogens (tertiary/aromatic N) is 4. The third-order valence-corrected chi connectivity index (χ3v) is 4.70. The molecule has 0 fully saturated rings. The van der Waals surface area contributed by atoms with Crippen LogP contribution in [0.15, 0.2) is 35.6 Å². The summed E-state index contributed by atoms with van der Waals surface area (Å²) in [6, 6.07) is 2.89. The normalized spacial score (nSPS) is 13.9. The van der Waals surface area contributed by atoms with Gasteiger partial charge in [-0.3, -0.25) is 9.69 Å². The molecule has 1 aromatic carbocycles. The van der Waals surface area contributed by atoms with Gasteiger partial charge in [0.2, 0.25) is 0 Å². The molecule has 0 radical (unpaired) electrons. The molecular formula is C19H18FN5O3. The van der Waals surface area contributed by atoms with Crippen molar-refractivity contribution in [3.63, 3.8) is 0 Å². The second-order valence-electron chi connectivity index (χ2n) is 6.56. The molecule has 144 valence electrons. The van der Waals surface area contributed by atoms with Crippen LogP contribution < -0.4 is 10.3 Å². The van der Waals surface area contributed by atoms with E-state index < -0.39 is 11.6 Å². The van der Waals surface area contributed by atoms with Crippen LogP contribution in [-0.4, -0.2) is 43.6 Å². The molecule has 0 amide bonds. The van der Waals surface area contributed by atoms with Crippen molar-refractivity contribution in [3.05, 3.63) is 63.8 Å². The molecule has 0 spiro atoms. The smallest absolute Gasteiger partial charge is 0.254 e. The van der Waals surface area contributed by atoms with Crippen LogP contribution in [0.5, 0.6) is 11.5 Å². The molecule has 8 nitrogen and oxygen atoms in total. The summed E-state index contributed by atoms with van der Waals surface area (Å²) >= 11 is 0. The lowest BCUT2D eigenvalue weighted by molar-refractivity contribution is 0.239. The van der Waals surface area contributed by atoms with E-state index in [4.69, 9.17) is 4.74 Å². The molecule has 1 aliphatic heterocycles. The Hall–Kier alpha value is -3.33. The molecule has 2 N–H and O–H groups in total. The molecule has 9 heteroatoms. The van der Waals surface area contributed by atoms with Crippen molar-refractivity contribution in [2.75, 3.05) is 13.7 Å². The third kappa shape index (κ3) is 3.44. The molecule has 0 unspecified atom stereocenters. The van der Waals surface area contributed by atoms with Gasteiger partial charge in [0.05, 0.1) is 18.4 Å². The summed E-state index contributed by atoms with van der Waals surface area (Å²) in [6.45, 7) is 1.52. The van der Waals surface area contributed by atoms with Crippen molar-refractivity contribution >= 4 is 0 Å². The molecule has 0 bridgehead atoms. The maximum Gasteiger partial charge on any atom is 0.254 e. The van der Waals surface area contributed by atoms with E-state index in [0.717, 1.165) is 0 Å². The minimum Gasteiger partial charge on any atom is -0.502 e. The molecule has 2 aromatic heterocycles. The van der Waals surface area contributed by atoms with Crippen molar-refractivity contribution in [3.8, 4) is 22.9 Å². The number of nitrogens with one attached hydrogen (secondary N) is 1. The highest BCUT2D eigenvalue weighted by atomic mass is 19.1. The number of aromatic hydroxyl groups is 1. The number of aromatic amines is 1. The van der Waals surface area contributed by atoms with Crippen LogP contribution in [-0.2, 0) is 19.5 Å². The topological polar surface area (TPSA) is 104 Å². The van der Waals surface area contributed by atoms with Crippen LogP contribution in [0.2, 0.25) is 0 Å². The standard InChI is InChI=1S/C19H18FN5O3/c1-28-16-5-11(4-14(20)17(16)26)8-25-3-2-13-15(9-25)23-18(24-19(13)27)12-6-21-10-22-7-12/h4-7,10,26H,2-3,8-9H2,1H3,(H,23,24,27). The van der Waals surface area contributed by atoms with Crippen LogP contribution >= 0.6 is 0 Å². The lowest BCUT2D eigenvalue weighted by Crippen LogP contribution is -2.35. The highest BCUT2D eigenvalue weighted by molar-refractivity contribution is 5.52. The number of phenols is 1. The highest BCUT2D eigenvalue weighted by Gasteiger charge is 2.22. The lowest BCUT2D eigenvalue weighted by Gasteiger charge is -2.28. The van der Waals surface area contributed by atoms with Gasteiger partial charge in [-0.2, -0.15) is 0 Å². The molecule has 1 aliphatic rings. The first-order chi connectivity index (χ1) is 13.5. The monoisotopic (exact) mass is 383 g/mol. The fourth-order valence-corrected chi connectivity index (χ4v) is 3.32. The van der Waals surface area contributed by atoms with E-state index in [-0.39, 0.29) is 11.3 Å². The van der Waals surface area contributed by atoms with Gasteiger partial charge in [-0.1, -0.05) is 0 Å². The second-order valence-corrected chi connectivity index (χ2v) is 6.56. The predicted octanol–water partition coefficient (Wildman–Crippen LogP) is 1.64. The minimum absolute atomic E-state index is 0.0911. The van der Waals surface area contributed by atoms with Gasteiger partial charge < -0.3 is 14.8 Å². The number of aromatic nitrogens is 4. The fraction of sp³-hybridized carbons (Fsp3) is 0.263. The third-order valence-electron chi connectivity index (χ3n) is 4.70. The molecular weight excluding hydrogens is 365 g/mol. The number of phenolic OH excluding ortho intramolecular Hbond substituents is 1. The summed E-state index contributed by atoms with van der Waals surface area (Å²) in [5.74, 6) is -0.720. The number of fused-ring (bicyclic) bond motifs is 1. The van der Waals surface area contributed by atoms with E-state index in [1.54, 1.807) is 18.5 Å². The molecule has 0 atom stereocenters. The zero-order chi connectivity index (χ0) is 19.7. The van der Waals surface area contributed by atoms with E-state index in [2.05, 4.69) is 24.8 Å². The number of H-pyrrole nitrogens is 1. The first-order valence-corrected chi connectivity index (χ1v) is 8.70. The number of methoxy groups -OCH3 is 1. The zero-order valence-corrected chi connectivity index (χ0v) is 15.1. The van der Waals surface area contributed by atoms with E-state index in [9.17, 15) is 14.3 Å². The van der Waals surface area contributed by atoms with Crippen molar-refractivity contribution in [1.29, 1.82) is 0 Å². The van der Waals surface area contributed by atoms with Crippen molar-refractivity contribution in [2.24, 2.45) is 0 Å². The molecule has 28 heavy (non-hydrogen) atoms. The van der Waals surface area contributed by atoms with Crippen molar-refractivity contribution in [1.82, 2.24) is 24.8 Å². The number of benzene rings is 1. The molecule has 0 saturated heterocycles. The van der Waals surface area contributed by atoms with Gasteiger partial charge in [-0.05, 0) is 24.1 Å². The second kappa shape index (κ2) is 7.35. The van der Waals surface area contributed by atoms with Crippen LogP contribution in [0.3, 0.4) is 0 Å². The Morgan fingerprint density at radius 1 is 1.32 bits per heavy atom. The predicted molar refractivity (Wildman–Crippen MR) is 98.3 cm³/mol. The SMILES string of the molecule is COc1cc(CN2CCc3c(nc(-c4cncnc4)[nH]c3=O)C2)cc(F)c1O. The van der Waals surface area contributed by atoms with E-state index >= 15 is 0 Å². The van der Waals surface area contributed by atoms with Crippen molar-refractivity contribution in [2.45, 2.75) is 19.5 Å². The van der Waals surface area contributed by atoms with E-state index in [0.29, 0.717) is 54.3 Å². The van der Waals surface area contributed by atoms with Gasteiger partial charge in [-0.25, -0.2) is 19.3 Å². The maximum absolute atomic E-state index is 13.9. The quantitative estimate of drug-likeness (QED) is 0.706. The summed E-state index contributed by atoms with van der Waals surface area (Å²) in [5.41, 5.74) is 2.47. The van der Waals surface area contributed by atoms with Gasteiger partial charge in [0.15, 0.2) is 17.3 Å². The van der Waals surface area contributed by atoms with Crippen LogP contribution in [0.1, 0.15) is 16.8 Å². The Balaban J connectivity index is 1.60. The van der Waals surface area contributed by atoms with Gasteiger partial charge in [0.25, 0.3) is 5.56 Å². The number of rotatable bonds is 4. The maximum atomic E-state index is 13.9. The Bertz CT molecular complexity index is 1070. The highest BCUT2D eigenvalue weighted by Crippen LogP contribution is 2.31. The number of hydrogen-bond donors (Lipinski definition) is 2. The average Bonchev–Trinajstić information content (AvgIpc) is 2.71. The minimum atomic E-state index is -0.729. The molecule has 3 aromatic rings. The van der Waals surface area contributed by atoms with Gasteiger partial charge in [0, 0.05) is 37.6 Å². The first kappa shape index (κ1) is 18.1. The van der Waals surface area contributed by atoms with Crippen LogP contribution in [0.25, 0.3) is 11.4 Å². The van der Waals surface area contributed by atoms with Gasteiger partial charge in [0.1, 0.15) is 12.2 Å². The zero-order valence-electron chi connectivity index (χ0n) is 15.1. The van der Waals surface area contributed by atoms with Crippen LogP contribution in [0, 0.1) is 5.82 Å². The summed E-state index contributed by atoms with van der Waals surface area (Å²) < 4.78 is 18.9.